The quantitative estimate of drug-likeness (QED) is 0.287. The Morgan fingerprint density at radius 3 is 2.30 bits per heavy atom. The van der Waals surface area contributed by atoms with Crippen molar-refractivity contribution in [2.75, 3.05) is 12.4 Å². The van der Waals surface area contributed by atoms with Crippen LogP contribution in [0.5, 0.6) is 11.5 Å². The summed E-state index contributed by atoms with van der Waals surface area (Å²) in [5.41, 5.74) is -7.67. The van der Waals surface area contributed by atoms with E-state index in [1.807, 2.05) is 0 Å². The lowest BCUT2D eigenvalue weighted by Crippen LogP contribution is -2.48. The van der Waals surface area contributed by atoms with Gasteiger partial charge in [-0.3, -0.25) is 9.59 Å². The summed E-state index contributed by atoms with van der Waals surface area (Å²) in [6.07, 6.45) is 1.41. The zero-order valence-electron chi connectivity index (χ0n) is 24.5. The summed E-state index contributed by atoms with van der Waals surface area (Å²) >= 11 is 0. The molecule has 0 heterocycles. The summed E-state index contributed by atoms with van der Waals surface area (Å²) in [5.74, 6) is -4.92. The topological polar surface area (TPSA) is 168 Å². The van der Waals surface area contributed by atoms with Gasteiger partial charge in [-0.15, -0.1) is 0 Å². The maximum absolute atomic E-state index is 15.0. The first-order chi connectivity index (χ1) is 21.5. The number of carbonyl (C=O) groups is 3. The van der Waals surface area contributed by atoms with Crippen LogP contribution in [0, 0.1) is 23.6 Å². The summed E-state index contributed by atoms with van der Waals surface area (Å²) < 4.78 is 88.8. The van der Waals surface area contributed by atoms with Crippen LogP contribution < -0.4 is 20.1 Å². The van der Waals surface area contributed by atoms with Gasteiger partial charge in [0.2, 0.25) is 5.91 Å². The third-order valence-corrected chi connectivity index (χ3v) is 10.7. The number of carboxylic acid groups (broad SMARTS) is 1. The highest BCUT2D eigenvalue weighted by molar-refractivity contribution is 7.92. The molecule has 46 heavy (non-hydrogen) atoms. The molecule has 3 aliphatic carbocycles. The molecule has 2 bridgehead atoms. The van der Waals surface area contributed by atoms with E-state index in [0.717, 1.165) is 30.3 Å². The molecule has 2 amide bonds. The lowest BCUT2D eigenvalue weighted by Gasteiger charge is -2.33. The van der Waals surface area contributed by atoms with E-state index in [2.05, 4.69) is 10.6 Å². The normalized spacial score (nSPS) is 27.6. The molecule has 16 heteroatoms. The molecule has 0 spiro atoms. The summed E-state index contributed by atoms with van der Waals surface area (Å²) in [6.45, 7) is 0. The van der Waals surface area contributed by atoms with Crippen molar-refractivity contribution in [2.45, 2.75) is 73.1 Å². The zero-order valence-corrected chi connectivity index (χ0v) is 25.3. The molecule has 250 valence electrons. The maximum atomic E-state index is 15.0. The number of alkyl halides is 3. The molecule has 3 aliphatic rings. The van der Waals surface area contributed by atoms with Crippen LogP contribution in [0.4, 0.5) is 23.2 Å². The molecule has 3 fully saturated rings. The lowest BCUT2D eigenvalue weighted by atomic mass is 9.83. The van der Waals surface area contributed by atoms with Crippen LogP contribution in [-0.2, 0) is 19.4 Å². The average molecular weight is 673 g/mol. The van der Waals surface area contributed by atoms with Crippen molar-refractivity contribution in [3.8, 4) is 11.5 Å². The number of carbonyl (C=O) groups excluding carboxylic acids is 2. The van der Waals surface area contributed by atoms with Gasteiger partial charge >= 0.3 is 11.5 Å². The SMILES string of the molecule is COc1cc(F)c(OC2CCC(O)(C(=O)O)CC2)cc1C(=O)NC1C(C(=O)Nc2cccc(S(=O)(=O)C(F)(F)F)c2)[C@@H]2CC[C@@H]1C2. The fourth-order valence-corrected chi connectivity index (χ4v) is 7.56. The van der Waals surface area contributed by atoms with Gasteiger partial charge in [-0.25, -0.2) is 17.6 Å². The lowest BCUT2D eigenvalue weighted by molar-refractivity contribution is -0.163. The second-order valence-corrected chi connectivity index (χ2v) is 13.9. The largest absolute Gasteiger partial charge is 0.501 e. The van der Waals surface area contributed by atoms with E-state index in [1.165, 1.54) is 13.2 Å². The zero-order chi connectivity index (χ0) is 33.6. The Bertz CT molecular complexity index is 1640. The molecule has 0 aliphatic heterocycles. The number of aliphatic hydroxyl groups is 1. The van der Waals surface area contributed by atoms with Crippen molar-refractivity contribution >= 4 is 33.3 Å². The van der Waals surface area contributed by atoms with E-state index < -0.39 is 67.5 Å². The van der Waals surface area contributed by atoms with Crippen LogP contribution in [0.15, 0.2) is 41.3 Å². The minimum Gasteiger partial charge on any atom is -0.496 e. The number of anilines is 1. The maximum Gasteiger partial charge on any atom is 0.501 e. The Morgan fingerprint density at radius 2 is 1.67 bits per heavy atom. The highest BCUT2D eigenvalue weighted by Crippen LogP contribution is 2.49. The van der Waals surface area contributed by atoms with Crippen LogP contribution in [0.1, 0.15) is 55.3 Å². The van der Waals surface area contributed by atoms with E-state index in [0.29, 0.717) is 19.3 Å². The fourth-order valence-electron chi connectivity index (χ4n) is 6.76. The Hall–Kier alpha value is -3.92. The van der Waals surface area contributed by atoms with Crippen LogP contribution in [-0.4, -0.2) is 66.8 Å². The first kappa shape index (κ1) is 33.4. The van der Waals surface area contributed by atoms with Crippen LogP contribution in [0.3, 0.4) is 0 Å². The van der Waals surface area contributed by atoms with E-state index >= 15 is 0 Å². The third-order valence-electron chi connectivity index (χ3n) is 9.18. The number of methoxy groups -OCH3 is 1. The van der Waals surface area contributed by atoms with Gasteiger partial charge in [0.15, 0.2) is 17.2 Å². The number of nitrogens with one attached hydrogen (secondary N) is 2. The molecule has 2 aromatic rings. The number of halogens is 4. The van der Waals surface area contributed by atoms with Gasteiger partial charge in [0.1, 0.15) is 5.75 Å². The first-order valence-electron chi connectivity index (χ1n) is 14.6. The van der Waals surface area contributed by atoms with Gasteiger partial charge in [-0.1, -0.05) is 6.07 Å². The molecular formula is C30H32F4N2O9S. The highest BCUT2D eigenvalue weighted by atomic mass is 32.2. The smallest absolute Gasteiger partial charge is 0.496 e. The molecule has 4 N–H and O–H groups in total. The van der Waals surface area contributed by atoms with Crippen LogP contribution in [0.2, 0.25) is 0 Å². The van der Waals surface area contributed by atoms with Gasteiger partial charge in [0.05, 0.1) is 29.6 Å². The van der Waals surface area contributed by atoms with Gasteiger partial charge in [0.25, 0.3) is 15.7 Å². The van der Waals surface area contributed by atoms with Gasteiger partial charge in [-0.05, 0) is 81.0 Å². The predicted octanol–water partition coefficient (Wildman–Crippen LogP) is 4.05. The molecule has 4 atom stereocenters. The minimum absolute atomic E-state index is 0.0938. The van der Waals surface area contributed by atoms with Crippen molar-refractivity contribution < 1.29 is 60.0 Å². The molecule has 5 rings (SSSR count). The summed E-state index contributed by atoms with van der Waals surface area (Å²) in [7, 11) is -4.41. The molecule has 0 radical (unpaired) electrons. The Kier molecular flexibility index (Phi) is 8.98. The molecule has 0 aromatic heterocycles. The molecular weight excluding hydrogens is 640 g/mol. The summed E-state index contributed by atoms with van der Waals surface area (Å²) in [4.78, 5) is 37.3. The number of amides is 2. The average Bonchev–Trinajstić information content (AvgIpc) is 3.60. The number of ether oxygens (including phenoxy) is 2. The number of aliphatic carboxylic acids is 1. The van der Waals surface area contributed by atoms with Gasteiger partial charge in [0, 0.05) is 17.8 Å². The number of benzene rings is 2. The Labute approximate surface area is 261 Å². The van der Waals surface area contributed by atoms with Crippen molar-refractivity contribution in [2.24, 2.45) is 17.8 Å². The second-order valence-electron chi connectivity index (χ2n) is 12.0. The predicted molar refractivity (Wildman–Crippen MR) is 152 cm³/mol. The Morgan fingerprint density at radius 1 is 1.00 bits per heavy atom. The van der Waals surface area contributed by atoms with Crippen molar-refractivity contribution in [1.82, 2.24) is 5.32 Å². The molecule has 2 aromatic carbocycles. The van der Waals surface area contributed by atoms with E-state index in [1.54, 1.807) is 0 Å². The van der Waals surface area contributed by atoms with Crippen molar-refractivity contribution in [1.29, 1.82) is 0 Å². The highest BCUT2D eigenvalue weighted by Gasteiger charge is 2.52. The van der Waals surface area contributed by atoms with Crippen LogP contribution in [0.25, 0.3) is 0 Å². The standard InChI is InChI=1S/C30H32F4N2O9S/c1-44-22-14-21(31)23(45-18-7-9-29(41,10-8-18)28(39)40)13-20(22)26(37)36-25-16-6-5-15(11-16)24(25)27(38)35-17-3-2-4-19(12-17)46(42,43)30(32,33)34/h2-4,12-16,18,24-25,41H,5-11H2,1H3,(H,35,38)(H,36,37)(H,39,40)/t15-,16-,18?,24?,25?,29?/m1/s1. The van der Waals surface area contributed by atoms with Gasteiger partial charge < -0.3 is 30.3 Å². The summed E-state index contributed by atoms with van der Waals surface area (Å²) in [6, 6.07) is 5.25. The molecule has 0 saturated heterocycles. The molecule has 2 unspecified atom stereocenters. The molecule has 11 nitrogen and oxygen atoms in total. The number of hydrogen-bond donors (Lipinski definition) is 4. The van der Waals surface area contributed by atoms with Crippen molar-refractivity contribution in [3.05, 3.63) is 47.8 Å². The Balaban J connectivity index is 1.32. The number of rotatable bonds is 9. The number of carboxylic acids is 1. The minimum atomic E-state index is -5.64. The molecule has 3 saturated carbocycles. The number of hydrogen-bond acceptors (Lipinski definition) is 8. The van der Waals surface area contributed by atoms with E-state index in [9.17, 15) is 50.6 Å². The second kappa shape index (κ2) is 12.4. The summed E-state index contributed by atoms with van der Waals surface area (Å²) in [5, 5.41) is 24.8. The number of fused-ring (bicyclic) bond motifs is 2. The van der Waals surface area contributed by atoms with Gasteiger partial charge in [-0.2, -0.15) is 13.2 Å². The van der Waals surface area contributed by atoms with Crippen LogP contribution >= 0.6 is 0 Å². The van der Waals surface area contributed by atoms with E-state index in [4.69, 9.17) is 9.47 Å². The third kappa shape index (κ3) is 6.36. The monoisotopic (exact) mass is 672 g/mol. The van der Waals surface area contributed by atoms with E-state index in [-0.39, 0.29) is 60.3 Å². The fraction of sp³-hybridized carbons (Fsp3) is 0.500. The first-order valence-corrected chi connectivity index (χ1v) is 16.1. The number of sulfone groups is 1. The van der Waals surface area contributed by atoms with Crippen molar-refractivity contribution in [3.63, 3.8) is 0 Å².